The second-order valence-corrected chi connectivity index (χ2v) is 7.38. The number of carbonyl (C=O) groups is 1. The number of nitrogens with two attached hydrogens (primary N) is 1. The fourth-order valence-electron chi connectivity index (χ4n) is 2.37. The van der Waals surface area contributed by atoms with E-state index in [9.17, 15) is 13.2 Å². The third-order valence-corrected chi connectivity index (χ3v) is 5.25. The minimum Gasteiger partial charge on any atom is -0.398 e. The van der Waals surface area contributed by atoms with Crippen molar-refractivity contribution in [3.63, 3.8) is 0 Å². The number of rotatable bonds is 4. The van der Waals surface area contributed by atoms with Crippen LogP contribution in [0.3, 0.4) is 0 Å². The zero-order chi connectivity index (χ0) is 14.8. The molecule has 1 aromatic carbocycles. The van der Waals surface area contributed by atoms with Crippen LogP contribution in [-0.4, -0.2) is 26.1 Å². The largest absolute Gasteiger partial charge is 0.398 e. The summed E-state index contributed by atoms with van der Waals surface area (Å²) >= 11 is 5.78. The molecule has 0 atom stereocenters. The predicted octanol–water partition coefficient (Wildman–Crippen LogP) is 1.75. The van der Waals surface area contributed by atoms with E-state index in [1.807, 2.05) is 0 Å². The highest BCUT2D eigenvalue weighted by atomic mass is 35.5. The zero-order valence-corrected chi connectivity index (χ0v) is 12.5. The van der Waals surface area contributed by atoms with Gasteiger partial charge in [-0.3, -0.25) is 4.79 Å². The molecule has 0 bridgehead atoms. The average molecular weight is 317 g/mol. The Morgan fingerprint density at radius 3 is 2.65 bits per heavy atom. The van der Waals surface area contributed by atoms with Gasteiger partial charge in [-0.2, -0.15) is 0 Å². The fraction of sp³-hybridized carbons (Fsp3) is 0.462. The summed E-state index contributed by atoms with van der Waals surface area (Å²) in [5.74, 6) is -1.09. The number of benzene rings is 1. The van der Waals surface area contributed by atoms with Gasteiger partial charge in [0.15, 0.2) is 9.84 Å². The van der Waals surface area contributed by atoms with E-state index in [1.54, 1.807) is 0 Å². The van der Waals surface area contributed by atoms with E-state index < -0.39 is 21.5 Å². The Hall–Kier alpha value is -1.27. The van der Waals surface area contributed by atoms with Crippen molar-refractivity contribution in [3.05, 3.63) is 23.2 Å². The first-order chi connectivity index (χ1) is 9.38. The van der Waals surface area contributed by atoms with Crippen LogP contribution in [0.2, 0.25) is 5.02 Å². The number of carbonyl (C=O) groups excluding carboxylic acids is 1. The van der Waals surface area contributed by atoms with E-state index in [2.05, 4.69) is 5.32 Å². The lowest BCUT2D eigenvalue weighted by atomic mass is 10.2. The molecule has 1 amide bonds. The fourth-order valence-corrected chi connectivity index (χ4v) is 3.92. The Balaban J connectivity index is 2.10. The maximum Gasteiger partial charge on any atom is 0.235 e. The molecule has 1 fully saturated rings. The summed E-state index contributed by atoms with van der Waals surface area (Å²) in [6, 6.07) is 4.29. The maximum atomic E-state index is 12.2. The van der Waals surface area contributed by atoms with Gasteiger partial charge in [0, 0.05) is 11.1 Å². The van der Waals surface area contributed by atoms with Crippen LogP contribution in [0.15, 0.2) is 23.1 Å². The summed E-state index contributed by atoms with van der Waals surface area (Å²) in [6.07, 6.45) is 3.95. The molecular formula is C13H17ClN2O3S. The molecule has 2 rings (SSSR count). The van der Waals surface area contributed by atoms with E-state index in [0.29, 0.717) is 0 Å². The van der Waals surface area contributed by atoms with Gasteiger partial charge < -0.3 is 11.1 Å². The Morgan fingerprint density at radius 1 is 1.35 bits per heavy atom. The molecule has 0 heterocycles. The second-order valence-electron chi connectivity index (χ2n) is 4.99. The Morgan fingerprint density at radius 2 is 2.00 bits per heavy atom. The monoisotopic (exact) mass is 316 g/mol. The van der Waals surface area contributed by atoms with Crippen molar-refractivity contribution < 1.29 is 13.2 Å². The number of hydrogen-bond acceptors (Lipinski definition) is 4. The number of hydrogen-bond donors (Lipinski definition) is 2. The van der Waals surface area contributed by atoms with Crippen LogP contribution < -0.4 is 11.1 Å². The molecule has 1 aliphatic carbocycles. The van der Waals surface area contributed by atoms with Crippen molar-refractivity contribution in [2.75, 3.05) is 11.5 Å². The molecule has 0 aromatic heterocycles. The number of anilines is 1. The number of nitrogen functional groups attached to an aromatic ring is 1. The Labute approximate surface area is 123 Å². The van der Waals surface area contributed by atoms with Gasteiger partial charge in [0.2, 0.25) is 5.91 Å². The number of sulfone groups is 1. The molecule has 1 aromatic rings. The first-order valence-corrected chi connectivity index (χ1v) is 8.48. The zero-order valence-electron chi connectivity index (χ0n) is 10.9. The molecule has 0 radical (unpaired) electrons. The summed E-state index contributed by atoms with van der Waals surface area (Å²) in [4.78, 5) is 11.7. The maximum absolute atomic E-state index is 12.2. The minimum atomic E-state index is -3.78. The topological polar surface area (TPSA) is 89.3 Å². The average Bonchev–Trinajstić information content (AvgIpc) is 2.84. The second kappa shape index (κ2) is 6.01. The molecule has 7 heteroatoms. The highest BCUT2D eigenvalue weighted by molar-refractivity contribution is 7.92. The number of halogens is 1. The van der Waals surface area contributed by atoms with Crippen molar-refractivity contribution in [2.24, 2.45) is 0 Å². The molecule has 0 saturated heterocycles. The van der Waals surface area contributed by atoms with Crippen molar-refractivity contribution in [2.45, 2.75) is 36.6 Å². The summed E-state index contributed by atoms with van der Waals surface area (Å²) in [5.41, 5.74) is 5.75. The number of nitrogens with one attached hydrogen (secondary N) is 1. The third-order valence-electron chi connectivity index (χ3n) is 3.35. The van der Waals surface area contributed by atoms with Crippen molar-refractivity contribution in [1.29, 1.82) is 0 Å². The van der Waals surface area contributed by atoms with Crippen molar-refractivity contribution in [1.82, 2.24) is 5.32 Å². The smallest absolute Gasteiger partial charge is 0.235 e. The molecule has 5 nitrogen and oxygen atoms in total. The van der Waals surface area contributed by atoms with Crippen LogP contribution in [0.4, 0.5) is 5.69 Å². The molecule has 0 unspecified atom stereocenters. The van der Waals surface area contributed by atoms with E-state index >= 15 is 0 Å². The normalized spacial score (nSPS) is 16.2. The summed E-state index contributed by atoms with van der Waals surface area (Å²) in [7, 11) is -3.78. The van der Waals surface area contributed by atoms with Crippen LogP contribution in [0.5, 0.6) is 0 Å². The summed E-state index contributed by atoms with van der Waals surface area (Å²) in [6.45, 7) is 0. The SMILES string of the molecule is Nc1ccc(Cl)cc1S(=O)(=O)CC(=O)NC1CCCC1. The van der Waals surface area contributed by atoms with E-state index in [-0.39, 0.29) is 21.6 Å². The van der Waals surface area contributed by atoms with Gasteiger partial charge in [0.25, 0.3) is 0 Å². The lowest BCUT2D eigenvalue weighted by Gasteiger charge is -2.12. The van der Waals surface area contributed by atoms with Crippen LogP contribution in [0.1, 0.15) is 25.7 Å². The van der Waals surface area contributed by atoms with Gasteiger partial charge in [0.1, 0.15) is 5.75 Å². The van der Waals surface area contributed by atoms with Crippen LogP contribution >= 0.6 is 11.6 Å². The molecule has 0 aliphatic heterocycles. The number of amides is 1. The van der Waals surface area contributed by atoms with E-state index in [4.69, 9.17) is 17.3 Å². The molecule has 1 aliphatic rings. The molecule has 3 N–H and O–H groups in total. The van der Waals surface area contributed by atoms with E-state index in [0.717, 1.165) is 25.7 Å². The van der Waals surface area contributed by atoms with Gasteiger partial charge in [-0.15, -0.1) is 0 Å². The molecule has 1 saturated carbocycles. The highest BCUT2D eigenvalue weighted by Crippen LogP contribution is 2.24. The molecule has 110 valence electrons. The third kappa shape index (κ3) is 3.64. The minimum absolute atomic E-state index is 0.0911. The predicted molar refractivity (Wildman–Crippen MR) is 78.3 cm³/mol. The molecular weight excluding hydrogens is 300 g/mol. The van der Waals surface area contributed by atoms with Gasteiger partial charge in [-0.05, 0) is 31.0 Å². The van der Waals surface area contributed by atoms with Crippen molar-refractivity contribution >= 4 is 33.0 Å². The molecule has 20 heavy (non-hydrogen) atoms. The first-order valence-electron chi connectivity index (χ1n) is 6.45. The lowest BCUT2D eigenvalue weighted by molar-refractivity contribution is -0.119. The van der Waals surface area contributed by atoms with Crippen LogP contribution in [0.25, 0.3) is 0 Å². The molecule has 0 spiro atoms. The Kier molecular flexibility index (Phi) is 4.55. The van der Waals surface area contributed by atoms with E-state index in [1.165, 1.54) is 18.2 Å². The quantitative estimate of drug-likeness (QED) is 0.828. The first kappa shape index (κ1) is 15.1. The standard InChI is InChI=1S/C13H17ClN2O3S/c14-9-5-6-11(15)12(7-9)20(18,19)8-13(17)16-10-3-1-2-4-10/h5-7,10H,1-4,8,15H2,(H,16,17). The Bertz CT molecular complexity index is 610. The summed E-state index contributed by atoms with van der Waals surface area (Å²) in [5, 5.41) is 3.02. The highest BCUT2D eigenvalue weighted by Gasteiger charge is 2.24. The summed E-state index contributed by atoms with van der Waals surface area (Å²) < 4.78 is 24.4. The van der Waals surface area contributed by atoms with Crippen LogP contribution in [0, 0.1) is 0 Å². The van der Waals surface area contributed by atoms with Crippen molar-refractivity contribution in [3.8, 4) is 0 Å². The van der Waals surface area contributed by atoms with Gasteiger partial charge >= 0.3 is 0 Å². The van der Waals surface area contributed by atoms with Gasteiger partial charge in [-0.1, -0.05) is 24.4 Å². The lowest BCUT2D eigenvalue weighted by Crippen LogP contribution is -2.37. The van der Waals surface area contributed by atoms with Crippen LogP contribution in [-0.2, 0) is 14.6 Å². The van der Waals surface area contributed by atoms with Gasteiger partial charge in [0.05, 0.1) is 10.6 Å². The van der Waals surface area contributed by atoms with Gasteiger partial charge in [-0.25, -0.2) is 8.42 Å².